The molecule has 0 spiro atoms. The van der Waals surface area contributed by atoms with Gasteiger partial charge in [-0.3, -0.25) is 9.59 Å². The average Bonchev–Trinajstić information content (AvgIpc) is 3.59. The maximum Gasteiger partial charge on any atom is 0.305 e. The van der Waals surface area contributed by atoms with E-state index < -0.39 is 12.1 Å². The second kappa shape index (κ2) is 83.5. The van der Waals surface area contributed by atoms with E-state index in [9.17, 15) is 19.8 Å². The molecule has 0 radical (unpaired) electrons. The lowest BCUT2D eigenvalue weighted by Crippen LogP contribution is -2.45. The van der Waals surface area contributed by atoms with Crippen LogP contribution in [0.25, 0.3) is 0 Å². The Balaban J connectivity index is 3.35. The molecule has 6 heteroatoms. The van der Waals surface area contributed by atoms with E-state index in [2.05, 4.69) is 43.5 Å². The van der Waals surface area contributed by atoms with E-state index >= 15 is 0 Å². The number of unbranched alkanes of at least 4 members (excludes halogenated alkanes) is 67. The molecule has 556 valence electrons. The van der Waals surface area contributed by atoms with Crippen LogP contribution in [0.15, 0.2) is 36.5 Å². The highest BCUT2D eigenvalue weighted by Crippen LogP contribution is 2.20. The second-order valence-electron chi connectivity index (χ2n) is 29.9. The number of hydrogen-bond donors (Lipinski definition) is 3. The highest BCUT2D eigenvalue weighted by molar-refractivity contribution is 5.76. The molecule has 0 aromatic rings. The van der Waals surface area contributed by atoms with Crippen molar-refractivity contribution in [1.82, 2.24) is 5.32 Å². The van der Waals surface area contributed by atoms with Crippen LogP contribution < -0.4 is 5.32 Å². The minimum absolute atomic E-state index is 0.0145. The number of nitrogens with one attached hydrogen (secondary N) is 1. The third-order valence-corrected chi connectivity index (χ3v) is 20.4. The first-order valence-electron chi connectivity index (χ1n) is 43.3. The van der Waals surface area contributed by atoms with Gasteiger partial charge in [0.25, 0.3) is 0 Å². The fourth-order valence-corrected chi connectivity index (χ4v) is 13.8. The van der Waals surface area contributed by atoms with Gasteiger partial charge >= 0.3 is 5.97 Å². The van der Waals surface area contributed by atoms with E-state index in [1.54, 1.807) is 6.08 Å². The summed E-state index contributed by atoms with van der Waals surface area (Å²) in [5, 5.41) is 23.3. The van der Waals surface area contributed by atoms with E-state index in [1.807, 2.05) is 6.08 Å². The van der Waals surface area contributed by atoms with Crippen molar-refractivity contribution in [2.24, 2.45) is 0 Å². The zero-order valence-electron chi connectivity index (χ0n) is 64.0. The van der Waals surface area contributed by atoms with Gasteiger partial charge in [0, 0.05) is 12.8 Å². The average molecular weight is 1320 g/mol. The second-order valence-corrected chi connectivity index (χ2v) is 29.9. The van der Waals surface area contributed by atoms with Crippen molar-refractivity contribution in [2.75, 3.05) is 13.2 Å². The minimum atomic E-state index is -0.843. The van der Waals surface area contributed by atoms with Gasteiger partial charge in [-0.15, -0.1) is 0 Å². The van der Waals surface area contributed by atoms with Crippen molar-refractivity contribution in [3.8, 4) is 0 Å². The van der Waals surface area contributed by atoms with Gasteiger partial charge in [0.15, 0.2) is 0 Å². The molecule has 1 amide bonds. The molecule has 0 aliphatic carbocycles. The minimum Gasteiger partial charge on any atom is -0.466 e. The molecule has 0 bridgehead atoms. The molecule has 0 fully saturated rings. The van der Waals surface area contributed by atoms with Crippen LogP contribution in [0, 0.1) is 0 Å². The van der Waals surface area contributed by atoms with Gasteiger partial charge in [-0.05, 0) is 83.5 Å². The molecule has 0 aliphatic heterocycles. The molecule has 6 nitrogen and oxygen atoms in total. The molecule has 0 saturated heterocycles. The molecule has 94 heavy (non-hydrogen) atoms. The smallest absolute Gasteiger partial charge is 0.305 e. The number of ether oxygens (including phenoxy) is 1. The molecule has 0 heterocycles. The molecule has 3 N–H and O–H groups in total. The molecule has 0 aromatic carbocycles. The van der Waals surface area contributed by atoms with Crippen LogP contribution in [0.4, 0.5) is 0 Å². The highest BCUT2D eigenvalue weighted by Gasteiger charge is 2.18. The van der Waals surface area contributed by atoms with E-state index in [0.717, 1.165) is 44.9 Å². The van der Waals surface area contributed by atoms with Gasteiger partial charge in [-0.2, -0.15) is 0 Å². The SMILES string of the molecule is CCCCCCC/C=C\CCCCCCCC(=O)OCCCCCCCCCCCCCCCCCCCC/C=C\CCCCCCCCCCCCCCCCCCCC(=O)NC(CO)C(O)/C=C/CCCCCCCCCCCCCCCCCCCCCCCC. The molecule has 2 unspecified atom stereocenters. The van der Waals surface area contributed by atoms with Crippen molar-refractivity contribution < 1.29 is 24.5 Å². The Kier molecular flexibility index (Phi) is 81.8. The maximum atomic E-state index is 12.6. The third-order valence-electron chi connectivity index (χ3n) is 20.4. The van der Waals surface area contributed by atoms with Crippen LogP contribution in [0.3, 0.4) is 0 Å². The molecule has 0 rings (SSSR count). The van der Waals surface area contributed by atoms with Crippen molar-refractivity contribution >= 4 is 11.9 Å². The molecule has 0 aromatic heterocycles. The topological polar surface area (TPSA) is 95.9 Å². The first-order chi connectivity index (χ1) is 46.5. The molecule has 0 saturated carbocycles. The summed E-state index contributed by atoms with van der Waals surface area (Å²) in [7, 11) is 0. The van der Waals surface area contributed by atoms with Gasteiger partial charge in [0.05, 0.1) is 25.4 Å². The van der Waals surface area contributed by atoms with Crippen LogP contribution in [0.1, 0.15) is 489 Å². The summed E-state index contributed by atoms with van der Waals surface area (Å²) >= 11 is 0. The van der Waals surface area contributed by atoms with Gasteiger partial charge in [0.2, 0.25) is 5.91 Å². The Morgan fingerprint density at radius 1 is 0.287 bits per heavy atom. The summed E-state index contributed by atoms with van der Waals surface area (Å²) in [4.78, 5) is 24.6. The number of rotatable bonds is 82. The summed E-state index contributed by atoms with van der Waals surface area (Å²) < 4.78 is 5.50. The Bertz CT molecular complexity index is 1520. The fourth-order valence-electron chi connectivity index (χ4n) is 13.8. The number of amides is 1. The van der Waals surface area contributed by atoms with Crippen LogP contribution in [0.5, 0.6) is 0 Å². The lowest BCUT2D eigenvalue weighted by molar-refractivity contribution is -0.143. The number of aliphatic hydroxyl groups excluding tert-OH is 2. The maximum absolute atomic E-state index is 12.6. The third kappa shape index (κ3) is 79.1. The summed E-state index contributed by atoms with van der Waals surface area (Å²) in [6, 6.07) is -0.626. The van der Waals surface area contributed by atoms with Crippen molar-refractivity contribution in [3.05, 3.63) is 36.5 Å². The normalized spacial score (nSPS) is 12.6. The summed E-state index contributed by atoms with van der Waals surface area (Å²) in [5.41, 5.74) is 0. The molecule has 2 atom stereocenters. The zero-order valence-corrected chi connectivity index (χ0v) is 64.0. The van der Waals surface area contributed by atoms with Gasteiger partial charge in [0.1, 0.15) is 0 Å². The van der Waals surface area contributed by atoms with Crippen LogP contribution in [-0.4, -0.2) is 47.4 Å². The molecular formula is C88H169NO5. The number of carbonyl (C=O) groups is 2. The largest absolute Gasteiger partial charge is 0.466 e. The van der Waals surface area contributed by atoms with Crippen LogP contribution in [0.2, 0.25) is 0 Å². The summed E-state index contributed by atoms with van der Waals surface area (Å²) in [6.07, 6.45) is 110. The van der Waals surface area contributed by atoms with Gasteiger partial charge in [-0.25, -0.2) is 0 Å². The van der Waals surface area contributed by atoms with Crippen LogP contribution in [-0.2, 0) is 14.3 Å². The van der Waals surface area contributed by atoms with E-state index in [1.165, 1.54) is 417 Å². The predicted molar refractivity (Wildman–Crippen MR) is 416 cm³/mol. The molecular weight excluding hydrogens is 1150 g/mol. The van der Waals surface area contributed by atoms with Gasteiger partial charge in [-0.1, -0.05) is 429 Å². The number of carbonyl (C=O) groups excluding carboxylic acids is 2. The number of allylic oxidation sites excluding steroid dienone is 5. The van der Waals surface area contributed by atoms with E-state index in [-0.39, 0.29) is 18.5 Å². The quantitative estimate of drug-likeness (QED) is 0.0320. The lowest BCUT2D eigenvalue weighted by atomic mass is 10.0. The van der Waals surface area contributed by atoms with Crippen molar-refractivity contribution in [2.45, 2.75) is 501 Å². The first-order valence-corrected chi connectivity index (χ1v) is 43.3. The Hall–Kier alpha value is -1.92. The van der Waals surface area contributed by atoms with E-state index in [0.29, 0.717) is 19.4 Å². The highest BCUT2D eigenvalue weighted by atomic mass is 16.5. The Morgan fingerprint density at radius 2 is 0.500 bits per heavy atom. The van der Waals surface area contributed by atoms with E-state index in [4.69, 9.17) is 4.74 Å². The Labute approximate surface area is 589 Å². The predicted octanol–water partition coefficient (Wildman–Crippen LogP) is 28.9. The van der Waals surface area contributed by atoms with Crippen LogP contribution >= 0.6 is 0 Å². The fraction of sp³-hybridized carbons (Fsp3) is 0.909. The zero-order chi connectivity index (χ0) is 67.7. The first kappa shape index (κ1) is 92.1. The number of hydrogen-bond acceptors (Lipinski definition) is 5. The molecule has 0 aliphatic rings. The summed E-state index contributed by atoms with van der Waals surface area (Å²) in [5.74, 6) is -0.0436. The lowest BCUT2D eigenvalue weighted by Gasteiger charge is -2.20. The Morgan fingerprint density at radius 3 is 0.755 bits per heavy atom. The van der Waals surface area contributed by atoms with Crippen molar-refractivity contribution in [3.63, 3.8) is 0 Å². The monoisotopic (exact) mass is 1320 g/mol. The number of esters is 1. The standard InChI is InChI=1S/C88H169NO5/c1-3-5-7-9-11-13-15-17-19-20-21-22-23-41-44-47-50-53-56-60-64-68-72-76-80-86(91)85(84-90)89-87(92)81-77-73-69-65-61-57-54-51-48-45-42-39-37-35-33-31-29-27-25-24-26-28-30-32-34-36-38-40-43-46-49-52-55-59-63-67-71-75-79-83-94-88(93)82-78-74-70-66-62-58-18-16-14-12-10-8-6-4-2/h16,18,24-25,76,80,85-86,90-91H,3-15,17,19-23,26-75,77-79,81-84H2,1-2H3,(H,89,92)/b18-16-,25-24-,80-76+. The number of aliphatic hydroxyl groups is 2. The summed E-state index contributed by atoms with van der Waals surface area (Å²) in [6.45, 7) is 4.95. The van der Waals surface area contributed by atoms with Crippen molar-refractivity contribution in [1.29, 1.82) is 0 Å². The van der Waals surface area contributed by atoms with Gasteiger partial charge < -0.3 is 20.3 Å².